The molecule has 1 aliphatic carbocycles. The zero-order valence-corrected chi connectivity index (χ0v) is 9.49. The van der Waals surface area contributed by atoms with E-state index in [2.05, 4.69) is 5.32 Å². The van der Waals surface area contributed by atoms with Gasteiger partial charge in [0.15, 0.2) is 0 Å². The van der Waals surface area contributed by atoms with Crippen molar-refractivity contribution in [2.45, 2.75) is 57.4 Å². The minimum Gasteiger partial charge on any atom is -0.459 e. The van der Waals surface area contributed by atoms with Crippen LogP contribution in [0.25, 0.3) is 0 Å². The molecule has 2 fully saturated rings. The fourth-order valence-corrected chi connectivity index (χ4v) is 2.50. The van der Waals surface area contributed by atoms with E-state index in [1.165, 1.54) is 0 Å². The van der Waals surface area contributed by atoms with Gasteiger partial charge in [-0.2, -0.15) is 0 Å². The molecule has 2 N–H and O–H groups in total. The van der Waals surface area contributed by atoms with Crippen molar-refractivity contribution in [1.82, 2.24) is 5.32 Å². The number of ether oxygens (including phenoxy) is 1. The topological polar surface area (TPSA) is 58.6 Å². The number of carbonyl (C=O) groups is 1. The molecule has 1 aliphatic heterocycles. The van der Waals surface area contributed by atoms with Crippen LogP contribution < -0.4 is 5.32 Å². The normalized spacial score (nSPS) is 39.5. The predicted molar refractivity (Wildman–Crippen MR) is 55.3 cm³/mol. The highest BCUT2D eigenvalue weighted by Gasteiger charge is 2.48. The third-order valence-electron chi connectivity index (χ3n) is 3.09. The minimum atomic E-state index is -0.431. The maximum absolute atomic E-state index is 11.8. The van der Waals surface area contributed by atoms with E-state index < -0.39 is 5.60 Å². The van der Waals surface area contributed by atoms with Crippen LogP contribution in [0.5, 0.6) is 0 Å². The van der Waals surface area contributed by atoms with Crippen LogP contribution in [-0.4, -0.2) is 34.9 Å². The molecule has 0 unspecified atom stereocenters. The molecule has 2 bridgehead atoms. The third kappa shape index (κ3) is 2.16. The highest BCUT2D eigenvalue weighted by atomic mass is 16.6. The zero-order chi connectivity index (χ0) is 11.2. The van der Waals surface area contributed by atoms with Crippen LogP contribution >= 0.6 is 0 Å². The lowest BCUT2D eigenvalue weighted by Gasteiger charge is -2.28. The van der Waals surface area contributed by atoms with Gasteiger partial charge in [-0.3, -0.25) is 10.1 Å². The standard InChI is InChI=1S/C11H19NO3/c1-11(2,3)15-10(14)9-6-4-7(12-9)8(13)5-6/h6-9,12-13H,4-5H2,1-3H3/t6-,7+,8+,9+/m0/s1. The van der Waals surface area contributed by atoms with Crippen molar-refractivity contribution in [3.8, 4) is 0 Å². The number of esters is 1. The zero-order valence-electron chi connectivity index (χ0n) is 9.49. The first-order valence-electron chi connectivity index (χ1n) is 5.54. The van der Waals surface area contributed by atoms with Crippen molar-refractivity contribution < 1.29 is 14.6 Å². The average molecular weight is 213 g/mol. The molecule has 4 heteroatoms. The summed E-state index contributed by atoms with van der Waals surface area (Å²) in [5.74, 6) is 0.0711. The molecule has 0 amide bonds. The van der Waals surface area contributed by atoms with Gasteiger partial charge in [0.2, 0.25) is 0 Å². The molecular formula is C11H19NO3. The molecule has 0 aromatic heterocycles. The fraction of sp³-hybridized carbons (Fsp3) is 0.909. The Balaban J connectivity index is 1.94. The molecule has 1 saturated heterocycles. The first-order valence-corrected chi connectivity index (χ1v) is 5.54. The second-order valence-corrected chi connectivity index (χ2v) is 5.58. The maximum Gasteiger partial charge on any atom is 0.323 e. The van der Waals surface area contributed by atoms with Crippen molar-refractivity contribution in [2.24, 2.45) is 5.92 Å². The van der Waals surface area contributed by atoms with Crippen LogP contribution in [0.15, 0.2) is 0 Å². The molecular weight excluding hydrogens is 194 g/mol. The van der Waals surface area contributed by atoms with Crippen LogP contribution in [-0.2, 0) is 9.53 Å². The largest absolute Gasteiger partial charge is 0.459 e. The van der Waals surface area contributed by atoms with Gasteiger partial charge in [0.05, 0.1) is 6.10 Å². The van der Waals surface area contributed by atoms with Gasteiger partial charge in [0.1, 0.15) is 11.6 Å². The van der Waals surface area contributed by atoms with E-state index in [4.69, 9.17) is 4.74 Å². The number of nitrogens with one attached hydrogen (secondary N) is 1. The summed E-state index contributed by atoms with van der Waals surface area (Å²) in [7, 11) is 0. The van der Waals surface area contributed by atoms with Crippen LogP contribution in [0.4, 0.5) is 0 Å². The lowest BCUT2D eigenvalue weighted by atomic mass is 9.99. The Hall–Kier alpha value is -0.610. The number of hydrogen-bond acceptors (Lipinski definition) is 4. The number of piperidine rings is 1. The van der Waals surface area contributed by atoms with E-state index in [-0.39, 0.29) is 30.1 Å². The second-order valence-electron chi connectivity index (χ2n) is 5.58. The van der Waals surface area contributed by atoms with E-state index in [0.717, 1.165) is 12.8 Å². The molecule has 0 aromatic rings. The minimum absolute atomic E-state index is 0.0903. The Morgan fingerprint density at radius 2 is 2.07 bits per heavy atom. The first kappa shape index (κ1) is 10.9. The number of aliphatic hydroxyl groups is 1. The molecule has 1 heterocycles. The molecule has 4 nitrogen and oxygen atoms in total. The lowest BCUT2D eigenvalue weighted by Crippen LogP contribution is -2.49. The van der Waals surface area contributed by atoms with Crippen LogP contribution in [0, 0.1) is 5.92 Å². The summed E-state index contributed by atoms with van der Waals surface area (Å²) in [6.45, 7) is 5.60. The molecule has 86 valence electrons. The van der Waals surface area contributed by atoms with E-state index >= 15 is 0 Å². The molecule has 2 aliphatic rings. The van der Waals surface area contributed by atoms with Gasteiger partial charge in [-0.1, -0.05) is 0 Å². The van der Waals surface area contributed by atoms with E-state index in [0.29, 0.717) is 0 Å². The van der Waals surface area contributed by atoms with Crippen molar-refractivity contribution >= 4 is 5.97 Å². The summed E-state index contributed by atoms with van der Waals surface area (Å²) in [4.78, 5) is 11.8. The Labute approximate surface area is 90.0 Å². The molecule has 0 radical (unpaired) electrons. The van der Waals surface area contributed by atoms with Gasteiger partial charge < -0.3 is 9.84 Å². The number of hydrogen-bond donors (Lipinski definition) is 2. The van der Waals surface area contributed by atoms with Crippen LogP contribution in [0.1, 0.15) is 33.6 Å². The van der Waals surface area contributed by atoms with Crippen molar-refractivity contribution in [3.63, 3.8) is 0 Å². The van der Waals surface area contributed by atoms with Crippen molar-refractivity contribution in [2.75, 3.05) is 0 Å². The summed E-state index contributed by atoms with van der Waals surface area (Å²) >= 11 is 0. The summed E-state index contributed by atoms with van der Waals surface area (Å²) in [6, 6.07) is -0.120. The Kier molecular flexibility index (Phi) is 2.51. The first-order chi connectivity index (χ1) is 6.87. The van der Waals surface area contributed by atoms with Gasteiger partial charge in [0, 0.05) is 6.04 Å². The Morgan fingerprint density at radius 1 is 1.40 bits per heavy atom. The van der Waals surface area contributed by atoms with Gasteiger partial charge >= 0.3 is 5.97 Å². The van der Waals surface area contributed by atoms with E-state index in [1.807, 2.05) is 20.8 Å². The van der Waals surface area contributed by atoms with E-state index in [1.54, 1.807) is 0 Å². The van der Waals surface area contributed by atoms with Crippen molar-refractivity contribution in [1.29, 1.82) is 0 Å². The van der Waals surface area contributed by atoms with Crippen molar-refractivity contribution in [3.05, 3.63) is 0 Å². The highest BCUT2D eigenvalue weighted by molar-refractivity contribution is 5.77. The van der Waals surface area contributed by atoms with Crippen LogP contribution in [0.3, 0.4) is 0 Å². The molecule has 2 rings (SSSR count). The molecule has 15 heavy (non-hydrogen) atoms. The highest BCUT2D eigenvalue weighted by Crippen LogP contribution is 2.36. The number of rotatable bonds is 1. The predicted octanol–water partition coefficient (Wildman–Crippen LogP) is 0.439. The molecule has 0 spiro atoms. The smallest absolute Gasteiger partial charge is 0.323 e. The maximum atomic E-state index is 11.8. The van der Waals surface area contributed by atoms with Gasteiger partial charge in [-0.05, 0) is 39.5 Å². The monoisotopic (exact) mass is 213 g/mol. The second kappa shape index (κ2) is 3.46. The van der Waals surface area contributed by atoms with Gasteiger partial charge in [-0.15, -0.1) is 0 Å². The molecule has 0 aromatic carbocycles. The quantitative estimate of drug-likeness (QED) is 0.620. The summed E-state index contributed by atoms with van der Waals surface area (Å²) in [6.07, 6.45) is 1.33. The van der Waals surface area contributed by atoms with E-state index in [9.17, 15) is 9.90 Å². The lowest BCUT2D eigenvalue weighted by molar-refractivity contribution is -0.159. The summed E-state index contributed by atoms with van der Waals surface area (Å²) in [5, 5.41) is 12.7. The Bertz CT molecular complexity index is 269. The third-order valence-corrected chi connectivity index (χ3v) is 3.09. The summed E-state index contributed by atoms with van der Waals surface area (Å²) in [5.41, 5.74) is -0.431. The van der Waals surface area contributed by atoms with Crippen LogP contribution in [0.2, 0.25) is 0 Å². The average Bonchev–Trinajstić information content (AvgIpc) is 2.58. The molecule has 1 saturated carbocycles. The number of carbonyl (C=O) groups excluding carboxylic acids is 1. The van der Waals surface area contributed by atoms with Gasteiger partial charge in [-0.25, -0.2) is 0 Å². The fourth-order valence-electron chi connectivity index (χ4n) is 2.50. The number of fused-ring (bicyclic) bond motifs is 2. The van der Waals surface area contributed by atoms with Gasteiger partial charge in [0.25, 0.3) is 0 Å². The Morgan fingerprint density at radius 3 is 2.47 bits per heavy atom. The molecule has 4 atom stereocenters. The SMILES string of the molecule is CC(C)(C)OC(=O)[C@@H]1N[C@@H]2C[C@H]1C[C@H]2O. The summed E-state index contributed by atoms with van der Waals surface area (Å²) < 4.78 is 5.33. The number of aliphatic hydroxyl groups excluding tert-OH is 1.